The first-order valence-corrected chi connectivity index (χ1v) is 8.37. The molecule has 0 atom stereocenters. The fourth-order valence-corrected chi connectivity index (χ4v) is 3.10. The van der Waals surface area contributed by atoms with Crippen LogP contribution in [-0.2, 0) is 4.79 Å². The first-order valence-electron chi connectivity index (χ1n) is 7.99. The average Bonchev–Trinajstić information content (AvgIpc) is 2.69. The second kappa shape index (κ2) is 6.74. The SMILES string of the molecule is C#CC(=O)N1CCOc2c1ccc1ncnc(Nc3ccc(F)c(Cl)c3)c21. The zero-order valence-corrected chi connectivity index (χ0v) is 14.6. The smallest absolute Gasteiger partial charge is 0.302 e. The third-order valence-corrected chi connectivity index (χ3v) is 4.43. The molecule has 134 valence electrons. The van der Waals surface area contributed by atoms with Gasteiger partial charge in [-0.25, -0.2) is 14.4 Å². The van der Waals surface area contributed by atoms with Crippen LogP contribution in [0.3, 0.4) is 0 Å². The fraction of sp³-hybridized carbons (Fsp3) is 0.105. The Kier molecular flexibility index (Phi) is 4.26. The lowest BCUT2D eigenvalue weighted by molar-refractivity contribution is -0.113. The molecule has 0 saturated heterocycles. The molecule has 8 heteroatoms. The van der Waals surface area contributed by atoms with Crippen molar-refractivity contribution < 1.29 is 13.9 Å². The number of terminal acetylenes is 1. The van der Waals surface area contributed by atoms with E-state index in [9.17, 15) is 9.18 Å². The summed E-state index contributed by atoms with van der Waals surface area (Å²) < 4.78 is 19.2. The van der Waals surface area contributed by atoms with Crippen molar-refractivity contribution in [2.45, 2.75) is 0 Å². The molecule has 2 aromatic carbocycles. The number of nitrogens with one attached hydrogen (secondary N) is 1. The molecule has 1 N–H and O–H groups in total. The molecule has 0 spiro atoms. The number of carbonyl (C=O) groups excluding carboxylic acids is 1. The van der Waals surface area contributed by atoms with E-state index in [4.69, 9.17) is 22.8 Å². The summed E-state index contributed by atoms with van der Waals surface area (Å²) in [5.41, 5.74) is 1.72. The van der Waals surface area contributed by atoms with Crippen molar-refractivity contribution in [2.75, 3.05) is 23.4 Å². The first kappa shape index (κ1) is 17.1. The normalized spacial score (nSPS) is 12.9. The number of amides is 1. The van der Waals surface area contributed by atoms with E-state index in [1.165, 1.54) is 23.4 Å². The molecule has 0 fully saturated rings. The molecule has 0 saturated carbocycles. The monoisotopic (exact) mass is 382 g/mol. The number of anilines is 3. The molecule has 1 aromatic heterocycles. The predicted molar refractivity (Wildman–Crippen MR) is 101 cm³/mol. The van der Waals surface area contributed by atoms with Gasteiger partial charge in [-0.3, -0.25) is 9.69 Å². The van der Waals surface area contributed by atoms with Crippen LogP contribution in [-0.4, -0.2) is 29.0 Å². The molecular formula is C19H12ClFN4O2. The number of nitrogens with zero attached hydrogens (tertiary/aromatic N) is 3. The minimum absolute atomic E-state index is 0.0116. The maximum Gasteiger partial charge on any atom is 0.302 e. The third kappa shape index (κ3) is 3.00. The summed E-state index contributed by atoms with van der Waals surface area (Å²) in [6.07, 6.45) is 6.67. The lowest BCUT2D eigenvalue weighted by Crippen LogP contribution is -2.37. The van der Waals surface area contributed by atoms with Crippen molar-refractivity contribution in [2.24, 2.45) is 0 Å². The van der Waals surface area contributed by atoms with Crippen molar-refractivity contribution >= 4 is 45.6 Å². The van der Waals surface area contributed by atoms with Gasteiger partial charge in [0, 0.05) is 5.69 Å². The molecular weight excluding hydrogens is 371 g/mol. The molecule has 1 amide bonds. The van der Waals surface area contributed by atoms with E-state index >= 15 is 0 Å². The minimum atomic E-state index is -0.515. The number of benzene rings is 2. The van der Waals surface area contributed by atoms with E-state index in [2.05, 4.69) is 21.2 Å². The van der Waals surface area contributed by atoms with Gasteiger partial charge in [0.05, 0.1) is 28.2 Å². The highest BCUT2D eigenvalue weighted by molar-refractivity contribution is 6.31. The Balaban J connectivity index is 1.86. The number of ether oxygens (including phenoxy) is 1. The van der Waals surface area contributed by atoms with Gasteiger partial charge in [0.1, 0.15) is 24.6 Å². The molecule has 2 heterocycles. The van der Waals surface area contributed by atoms with Crippen LogP contribution in [0.15, 0.2) is 36.7 Å². The Morgan fingerprint density at radius 3 is 2.96 bits per heavy atom. The maximum absolute atomic E-state index is 13.4. The number of hydrogen-bond donors (Lipinski definition) is 1. The molecule has 4 rings (SSSR count). The van der Waals surface area contributed by atoms with Crippen molar-refractivity contribution in [1.82, 2.24) is 9.97 Å². The summed E-state index contributed by atoms with van der Waals surface area (Å²) in [5, 5.41) is 3.67. The van der Waals surface area contributed by atoms with Crippen LogP contribution >= 0.6 is 11.6 Å². The van der Waals surface area contributed by atoms with E-state index in [-0.39, 0.29) is 11.6 Å². The molecule has 0 radical (unpaired) electrons. The lowest BCUT2D eigenvalue weighted by Gasteiger charge is -2.29. The average molecular weight is 383 g/mol. The highest BCUT2D eigenvalue weighted by atomic mass is 35.5. The van der Waals surface area contributed by atoms with Crippen molar-refractivity contribution in [3.8, 4) is 18.1 Å². The standard InChI is InChI=1S/C19H12ClFN4O2/c1-2-16(26)25-7-8-27-18-15(25)6-5-14-17(18)19(23-10-22-14)24-11-3-4-13(21)12(20)9-11/h1,3-6,9-10H,7-8H2,(H,22,23,24). The van der Waals surface area contributed by atoms with Crippen LogP contribution in [0.25, 0.3) is 10.9 Å². The van der Waals surface area contributed by atoms with Gasteiger partial charge in [-0.1, -0.05) is 11.6 Å². The van der Waals surface area contributed by atoms with E-state index in [1.807, 2.05) is 0 Å². The molecule has 1 aliphatic rings. The van der Waals surface area contributed by atoms with Crippen LogP contribution < -0.4 is 15.0 Å². The van der Waals surface area contributed by atoms with Gasteiger partial charge < -0.3 is 10.1 Å². The number of aromatic nitrogens is 2. The molecule has 27 heavy (non-hydrogen) atoms. The molecule has 1 aliphatic heterocycles. The van der Waals surface area contributed by atoms with Crippen LogP contribution in [0.2, 0.25) is 5.02 Å². The zero-order chi connectivity index (χ0) is 19.0. The van der Waals surface area contributed by atoms with Crippen LogP contribution in [0.5, 0.6) is 5.75 Å². The topological polar surface area (TPSA) is 67.4 Å². The summed E-state index contributed by atoms with van der Waals surface area (Å²) in [4.78, 5) is 22.0. The first-order chi connectivity index (χ1) is 13.1. The molecule has 0 bridgehead atoms. The second-order valence-electron chi connectivity index (χ2n) is 5.73. The Morgan fingerprint density at radius 1 is 1.33 bits per heavy atom. The fourth-order valence-electron chi connectivity index (χ4n) is 2.92. The lowest BCUT2D eigenvalue weighted by atomic mass is 10.1. The Hall–Kier alpha value is -3.37. The molecule has 0 aliphatic carbocycles. The number of rotatable bonds is 2. The number of hydrogen-bond acceptors (Lipinski definition) is 5. The van der Waals surface area contributed by atoms with Gasteiger partial charge in [0.2, 0.25) is 0 Å². The van der Waals surface area contributed by atoms with Crippen LogP contribution in [0, 0.1) is 18.2 Å². The summed E-state index contributed by atoms with van der Waals surface area (Å²) in [7, 11) is 0. The molecule has 3 aromatic rings. The highest BCUT2D eigenvalue weighted by Crippen LogP contribution is 2.41. The minimum Gasteiger partial charge on any atom is -0.489 e. The second-order valence-corrected chi connectivity index (χ2v) is 6.14. The third-order valence-electron chi connectivity index (χ3n) is 4.14. The van der Waals surface area contributed by atoms with Crippen LogP contribution in [0.1, 0.15) is 0 Å². The van der Waals surface area contributed by atoms with Crippen molar-refractivity contribution in [3.63, 3.8) is 0 Å². The van der Waals surface area contributed by atoms with Gasteiger partial charge in [-0.2, -0.15) is 0 Å². The predicted octanol–water partition coefficient (Wildman–Crippen LogP) is 3.52. The summed E-state index contributed by atoms with van der Waals surface area (Å²) in [6, 6.07) is 7.74. The quantitative estimate of drug-likeness (QED) is 0.687. The van der Waals surface area contributed by atoms with Crippen LogP contribution in [0.4, 0.5) is 21.6 Å². The zero-order valence-electron chi connectivity index (χ0n) is 13.9. The Morgan fingerprint density at radius 2 is 2.19 bits per heavy atom. The van der Waals surface area contributed by atoms with Gasteiger partial charge in [0.15, 0.2) is 5.75 Å². The Bertz CT molecular complexity index is 1110. The van der Waals surface area contributed by atoms with Gasteiger partial charge >= 0.3 is 5.91 Å². The molecule has 0 unspecified atom stereocenters. The van der Waals surface area contributed by atoms with E-state index in [0.717, 1.165) is 0 Å². The van der Waals surface area contributed by atoms with Gasteiger partial charge in [-0.15, -0.1) is 6.42 Å². The molecule has 6 nitrogen and oxygen atoms in total. The number of fused-ring (bicyclic) bond motifs is 3. The number of halogens is 2. The van der Waals surface area contributed by atoms with Gasteiger partial charge in [-0.05, 0) is 36.3 Å². The van der Waals surface area contributed by atoms with Crippen molar-refractivity contribution in [3.05, 3.63) is 47.5 Å². The number of carbonyl (C=O) groups is 1. The maximum atomic E-state index is 13.4. The van der Waals surface area contributed by atoms with E-state index < -0.39 is 11.7 Å². The Labute approximate surface area is 158 Å². The van der Waals surface area contributed by atoms with Gasteiger partial charge in [0.25, 0.3) is 0 Å². The summed E-state index contributed by atoms with van der Waals surface area (Å²) in [5.74, 6) is 2.06. The van der Waals surface area contributed by atoms with Crippen molar-refractivity contribution in [1.29, 1.82) is 0 Å². The highest BCUT2D eigenvalue weighted by Gasteiger charge is 2.26. The van der Waals surface area contributed by atoms with E-state index in [1.54, 1.807) is 18.2 Å². The summed E-state index contributed by atoms with van der Waals surface area (Å²) in [6.45, 7) is 0.641. The summed E-state index contributed by atoms with van der Waals surface area (Å²) >= 11 is 5.85. The largest absolute Gasteiger partial charge is 0.489 e. The van der Waals surface area contributed by atoms with E-state index in [0.29, 0.717) is 40.4 Å².